The maximum absolute atomic E-state index is 2.29. The van der Waals surface area contributed by atoms with Crippen molar-refractivity contribution in [2.75, 3.05) is 4.90 Å². The molecule has 0 bridgehead atoms. The molecular formula is C38H27N. The van der Waals surface area contributed by atoms with Gasteiger partial charge in [-0.15, -0.1) is 0 Å². The number of para-hydroxylation sites is 2. The van der Waals surface area contributed by atoms with Crippen LogP contribution in [0.4, 0.5) is 17.1 Å². The lowest BCUT2D eigenvalue weighted by Crippen LogP contribution is -2.09. The largest absolute Gasteiger partial charge is 0.311 e. The van der Waals surface area contributed by atoms with Crippen LogP contribution in [0.5, 0.6) is 0 Å². The van der Waals surface area contributed by atoms with Gasteiger partial charge in [0.1, 0.15) is 0 Å². The van der Waals surface area contributed by atoms with Crippen LogP contribution in [0.25, 0.3) is 43.8 Å². The van der Waals surface area contributed by atoms with Gasteiger partial charge in [0, 0.05) is 17.1 Å². The van der Waals surface area contributed by atoms with Gasteiger partial charge in [-0.25, -0.2) is 0 Å². The second-order valence-electron chi connectivity index (χ2n) is 9.82. The lowest BCUT2D eigenvalue weighted by atomic mass is 9.91. The van der Waals surface area contributed by atoms with Gasteiger partial charge in [-0.2, -0.15) is 0 Å². The van der Waals surface area contributed by atoms with Crippen molar-refractivity contribution in [2.45, 2.75) is 0 Å². The lowest BCUT2D eigenvalue weighted by molar-refractivity contribution is 1.28. The Morgan fingerprint density at radius 2 is 0.692 bits per heavy atom. The summed E-state index contributed by atoms with van der Waals surface area (Å²) < 4.78 is 0. The van der Waals surface area contributed by atoms with E-state index in [0.29, 0.717) is 0 Å². The van der Waals surface area contributed by atoms with E-state index in [2.05, 4.69) is 169 Å². The maximum atomic E-state index is 2.29. The summed E-state index contributed by atoms with van der Waals surface area (Å²) in [6.45, 7) is 0. The third-order valence-electron chi connectivity index (χ3n) is 7.43. The highest BCUT2D eigenvalue weighted by Crippen LogP contribution is 2.38. The van der Waals surface area contributed by atoms with Crippen LogP contribution in [0, 0.1) is 0 Å². The first-order chi connectivity index (χ1) is 19.3. The molecule has 1 heteroatoms. The van der Waals surface area contributed by atoms with Gasteiger partial charge in [-0.05, 0) is 86.3 Å². The minimum absolute atomic E-state index is 1.13. The summed E-state index contributed by atoms with van der Waals surface area (Å²) in [6, 6.07) is 58.6. The van der Waals surface area contributed by atoms with Crippen LogP contribution < -0.4 is 4.90 Å². The third-order valence-corrected chi connectivity index (χ3v) is 7.43. The summed E-state index contributed by atoms with van der Waals surface area (Å²) >= 11 is 0. The lowest BCUT2D eigenvalue weighted by Gasteiger charge is -2.25. The number of hydrogen-bond acceptors (Lipinski definition) is 1. The second-order valence-corrected chi connectivity index (χ2v) is 9.82. The van der Waals surface area contributed by atoms with Crippen molar-refractivity contribution in [1.82, 2.24) is 0 Å². The molecule has 0 unspecified atom stereocenters. The van der Waals surface area contributed by atoms with Crippen molar-refractivity contribution >= 4 is 38.6 Å². The van der Waals surface area contributed by atoms with Crippen LogP contribution in [0.15, 0.2) is 164 Å². The smallest absolute Gasteiger partial charge is 0.0462 e. The monoisotopic (exact) mass is 497 g/mol. The van der Waals surface area contributed by atoms with Gasteiger partial charge in [-0.3, -0.25) is 0 Å². The molecule has 0 amide bonds. The van der Waals surface area contributed by atoms with Crippen LogP contribution in [0.2, 0.25) is 0 Å². The molecule has 0 radical (unpaired) electrons. The minimum Gasteiger partial charge on any atom is -0.311 e. The number of nitrogens with zero attached hydrogens (tertiary/aromatic N) is 1. The molecular weight excluding hydrogens is 470 g/mol. The summed E-state index contributed by atoms with van der Waals surface area (Å²) in [5.74, 6) is 0. The van der Waals surface area contributed by atoms with E-state index in [1.165, 1.54) is 43.8 Å². The second kappa shape index (κ2) is 9.96. The first kappa shape index (κ1) is 23.0. The van der Waals surface area contributed by atoms with Gasteiger partial charge in [0.2, 0.25) is 0 Å². The van der Waals surface area contributed by atoms with E-state index >= 15 is 0 Å². The molecule has 184 valence electrons. The SMILES string of the molecule is c1ccc(N(c2ccccc2)c2ccc(-c3ccc(-c4c5ccccc5cc5ccccc45)cc3)cc2)cc1. The van der Waals surface area contributed by atoms with Gasteiger partial charge in [-0.1, -0.05) is 121 Å². The van der Waals surface area contributed by atoms with E-state index in [1.54, 1.807) is 0 Å². The number of rotatable bonds is 5. The Morgan fingerprint density at radius 1 is 0.308 bits per heavy atom. The van der Waals surface area contributed by atoms with Gasteiger partial charge < -0.3 is 4.90 Å². The predicted molar refractivity (Wildman–Crippen MR) is 167 cm³/mol. The van der Waals surface area contributed by atoms with Crippen molar-refractivity contribution < 1.29 is 0 Å². The van der Waals surface area contributed by atoms with Crippen molar-refractivity contribution in [3.63, 3.8) is 0 Å². The summed E-state index contributed by atoms with van der Waals surface area (Å²) in [5.41, 5.74) is 8.37. The fraction of sp³-hybridized carbons (Fsp3) is 0. The van der Waals surface area contributed by atoms with Crippen LogP contribution >= 0.6 is 0 Å². The molecule has 0 fully saturated rings. The average Bonchev–Trinajstić information content (AvgIpc) is 3.02. The normalized spacial score (nSPS) is 11.1. The molecule has 0 aliphatic rings. The highest BCUT2D eigenvalue weighted by atomic mass is 15.1. The number of benzene rings is 7. The molecule has 0 aromatic heterocycles. The Hall–Kier alpha value is -5.14. The van der Waals surface area contributed by atoms with Gasteiger partial charge in [0.15, 0.2) is 0 Å². The zero-order chi connectivity index (χ0) is 26.0. The van der Waals surface area contributed by atoms with E-state index in [-0.39, 0.29) is 0 Å². The summed E-state index contributed by atoms with van der Waals surface area (Å²) in [6.07, 6.45) is 0. The molecule has 7 rings (SSSR count). The molecule has 0 spiro atoms. The van der Waals surface area contributed by atoms with Crippen LogP contribution in [0.1, 0.15) is 0 Å². The number of fused-ring (bicyclic) bond motifs is 2. The minimum atomic E-state index is 1.13. The number of anilines is 3. The van der Waals surface area contributed by atoms with E-state index in [4.69, 9.17) is 0 Å². The topological polar surface area (TPSA) is 3.24 Å². The molecule has 1 nitrogen and oxygen atoms in total. The zero-order valence-electron chi connectivity index (χ0n) is 21.5. The Labute approximate surface area is 229 Å². The molecule has 7 aromatic rings. The molecule has 0 saturated heterocycles. The molecule has 7 aromatic carbocycles. The quantitative estimate of drug-likeness (QED) is 0.214. The molecule has 0 N–H and O–H groups in total. The molecule has 0 heterocycles. The molecule has 39 heavy (non-hydrogen) atoms. The zero-order valence-corrected chi connectivity index (χ0v) is 21.5. The fourth-order valence-electron chi connectivity index (χ4n) is 5.56. The molecule has 0 atom stereocenters. The van der Waals surface area contributed by atoms with Crippen LogP contribution in [-0.2, 0) is 0 Å². The highest BCUT2D eigenvalue weighted by molar-refractivity contribution is 6.12. The average molecular weight is 498 g/mol. The van der Waals surface area contributed by atoms with E-state index in [1.807, 2.05) is 0 Å². The van der Waals surface area contributed by atoms with Crippen molar-refractivity contribution in [3.8, 4) is 22.3 Å². The Morgan fingerprint density at radius 3 is 1.21 bits per heavy atom. The van der Waals surface area contributed by atoms with E-state index in [0.717, 1.165) is 17.1 Å². The third kappa shape index (κ3) is 4.35. The molecule has 0 aliphatic carbocycles. The van der Waals surface area contributed by atoms with Gasteiger partial charge in [0.05, 0.1) is 0 Å². The summed E-state index contributed by atoms with van der Waals surface area (Å²) in [7, 11) is 0. The standard InChI is InChI=1S/C38H27N/c1-3-13-33(14-4-1)39(34-15-5-2-6-16-34)35-25-23-29(24-26-35)28-19-21-30(22-20-28)38-36-17-9-7-11-31(36)27-32-12-8-10-18-37(32)38/h1-27H. The van der Waals surface area contributed by atoms with Gasteiger partial charge in [0.25, 0.3) is 0 Å². The van der Waals surface area contributed by atoms with Crippen molar-refractivity contribution in [1.29, 1.82) is 0 Å². The van der Waals surface area contributed by atoms with Crippen LogP contribution in [0.3, 0.4) is 0 Å². The number of hydrogen-bond donors (Lipinski definition) is 0. The van der Waals surface area contributed by atoms with Crippen molar-refractivity contribution in [2.24, 2.45) is 0 Å². The Kier molecular flexibility index (Phi) is 5.88. The van der Waals surface area contributed by atoms with E-state index < -0.39 is 0 Å². The summed E-state index contributed by atoms with van der Waals surface area (Å²) in [4.78, 5) is 2.29. The van der Waals surface area contributed by atoms with Crippen LogP contribution in [-0.4, -0.2) is 0 Å². The first-order valence-electron chi connectivity index (χ1n) is 13.4. The van der Waals surface area contributed by atoms with Gasteiger partial charge >= 0.3 is 0 Å². The van der Waals surface area contributed by atoms with E-state index in [9.17, 15) is 0 Å². The molecule has 0 aliphatic heterocycles. The molecule has 0 saturated carbocycles. The summed E-state index contributed by atoms with van der Waals surface area (Å²) in [5, 5.41) is 5.12. The maximum Gasteiger partial charge on any atom is 0.0462 e. The fourth-order valence-corrected chi connectivity index (χ4v) is 5.56. The first-order valence-corrected chi connectivity index (χ1v) is 13.4. The predicted octanol–water partition coefficient (Wildman–Crippen LogP) is 10.8. The highest BCUT2D eigenvalue weighted by Gasteiger charge is 2.13. The Balaban J connectivity index is 1.25. The Bertz CT molecular complexity index is 1780. The van der Waals surface area contributed by atoms with Crippen molar-refractivity contribution in [3.05, 3.63) is 164 Å².